The van der Waals surface area contributed by atoms with E-state index < -0.39 is 0 Å². The van der Waals surface area contributed by atoms with Crippen LogP contribution in [0.4, 0.5) is 0 Å². The van der Waals surface area contributed by atoms with Gasteiger partial charge in [0.05, 0.1) is 6.42 Å². The van der Waals surface area contributed by atoms with Gasteiger partial charge < -0.3 is 5.32 Å². The van der Waals surface area contributed by atoms with E-state index in [1.807, 2.05) is 36.4 Å². The smallest absolute Gasteiger partial charge is 0.226 e. The van der Waals surface area contributed by atoms with Crippen LogP contribution in [0, 0.1) is 0 Å². The second-order valence-electron chi connectivity index (χ2n) is 5.41. The average molecular weight is 348 g/mol. The van der Waals surface area contributed by atoms with Crippen LogP contribution in [0.2, 0.25) is 5.15 Å². The molecule has 1 N–H and O–H groups in total. The Hall–Kier alpha value is -1.56. The highest BCUT2D eigenvalue weighted by atomic mass is 35.5. The molecular weight excluding hydrogens is 330 g/mol. The lowest BCUT2D eigenvalue weighted by atomic mass is 10.1. The summed E-state index contributed by atoms with van der Waals surface area (Å²) in [7, 11) is 0. The van der Waals surface area contributed by atoms with Crippen LogP contribution in [0.5, 0.6) is 0 Å². The van der Waals surface area contributed by atoms with E-state index in [9.17, 15) is 4.79 Å². The van der Waals surface area contributed by atoms with Crippen LogP contribution in [0.3, 0.4) is 0 Å². The summed E-state index contributed by atoms with van der Waals surface area (Å²) in [5.41, 5.74) is 2.14. The van der Waals surface area contributed by atoms with Crippen molar-refractivity contribution in [3.63, 3.8) is 0 Å². The summed E-state index contributed by atoms with van der Waals surface area (Å²) in [6.45, 7) is 1.71. The second-order valence-corrected chi connectivity index (χ2v) is 6.99. The van der Waals surface area contributed by atoms with Crippen molar-refractivity contribution in [3.05, 3.63) is 64.9 Å². The van der Waals surface area contributed by atoms with Gasteiger partial charge in [-0.1, -0.05) is 48.0 Å². The number of nitrogens with one attached hydrogen (secondary N) is 1. The largest absolute Gasteiger partial charge is 0.331 e. The fraction of sp³-hybridized carbons (Fsp3) is 0.294. The van der Waals surface area contributed by atoms with E-state index in [1.54, 1.807) is 24.0 Å². The Bertz CT molecular complexity index is 651. The van der Waals surface area contributed by atoms with E-state index in [4.69, 9.17) is 11.6 Å². The molecule has 0 bridgehead atoms. The van der Waals surface area contributed by atoms with Crippen LogP contribution < -0.4 is 5.32 Å². The summed E-state index contributed by atoms with van der Waals surface area (Å²) < 4.78 is 0. The zero-order valence-corrected chi connectivity index (χ0v) is 14.2. The number of halogens is 1. The SMILES string of the molecule is O=C(Cc1ccccc1)NC1SCCN1Cc1ccc(Cl)nc1. The minimum atomic E-state index is 0.0156. The van der Waals surface area contributed by atoms with Gasteiger partial charge in [0.25, 0.3) is 0 Å². The fourth-order valence-electron chi connectivity index (χ4n) is 2.50. The molecule has 1 fully saturated rings. The van der Waals surface area contributed by atoms with Crippen molar-refractivity contribution in [1.29, 1.82) is 0 Å². The number of amides is 1. The number of carbonyl (C=O) groups is 1. The summed E-state index contributed by atoms with van der Waals surface area (Å²) in [5, 5.41) is 3.61. The van der Waals surface area contributed by atoms with Gasteiger partial charge in [0.2, 0.25) is 5.91 Å². The van der Waals surface area contributed by atoms with E-state index in [-0.39, 0.29) is 11.4 Å². The molecule has 0 aliphatic carbocycles. The Morgan fingerprint density at radius 1 is 1.26 bits per heavy atom. The normalized spacial score (nSPS) is 18.0. The molecule has 0 saturated carbocycles. The standard InChI is InChI=1S/C17H18ClN3OS/c18-15-7-6-14(11-19-15)12-21-8-9-23-17(21)20-16(22)10-13-4-2-1-3-5-13/h1-7,11,17H,8-10,12H2,(H,20,22). The third kappa shape index (κ3) is 4.70. The molecule has 2 aromatic rings. The van der Waals surface area contributed by atoms with Crippen molar-refractivity contribution < 1.29 is 4.79 Å². The van der Waals surface area contributed by atoms with Gasteiger partial charge in [-0.25, -0.2) is 4.98 Å². The Balaban J connectivity index is 1.56. The molecule has 1 aliphatic rings. The predicted molar refractivity (Wildman–Crippen MR) is 94.2 cm³/mol. The molecule has 1 aromatic carbocycles. The van der Waals surface area contributed by atoms with Crippen molar-refractivity contribution in [3.8, 4) is 0 Å². The van der Waals surface area contributed by atoms with Gasteiger partial charge in [-0.3, -0.25) is 9.69 Å². The number of carbonyl (C=O) groups excluding carboxylic acids is 1. The highest BCUT2D eigenvalue weighted by molar-refractivity contribution is 8.00. The van der Waals surface area contributed by atoms with Crippen molar-refractivity contribution in [1.82, 2.24) is 15.2 Å². The molecule has 0 radical (unpaired) electrons. The molecule has 3 rings (SSSR count). The Labute approximate surface area is 145 Å². The highest BCUT2D eigenvalue weighted by Crippen LogP contribution is 2.23. The molecule has 1 amide bonds. The van der Waals surface area contributed by atoms with Gasteiger partial charge in [-0.05, 0) is 17.2 Å². The first-order chi connectivity index (χ1) is 11.2. The summed E-state index contributed by atoms with van der Waals surface area (Å²) in [5.74, 6) is 1.06. The van der Waals surface area contributed by atoms with E-state index in [0.717, 1.165) is 30.0 Å². The number of benzene rings is 1. The molecule has 1 unspecified atom stereocenters. The Morgan fingerprint density at radius 3 is 2.83 bits per heavy atom. The molecule has 1 atom stereocenters. The maximum absolute atomic E-state index is 12.2. The lowest BCUT2D eigenvalue weighted by Gasteiger charge is -2.24. The second kappa shape index (κ2) is 7.81. The minimum Gasteiger partial charge on any atom is -0.331 e. The molecule has 6 heteroatoms. The van der Waals surface area contributed by atoms with Gasteiger partial charge >= 0.3 is 0 Å². The first-order valence-corrected chi connectivity index (χ1v) is 8.93. The summed E-state index contributed by atoms with van der Waals surface area (Å²) in [4.78, 5) is 18.6. The van der Waals surface area contributed by atoms with Crippen LogP contribution in [0.1, 0.15) is 11.1 Å². The number of pyridine rings is 1. The molecule has 2 heterocycles. The van der Waals surface area contributed by atoms with Crippen molar-refractivity contribution in [2.75, 3.05) is 12.3 Å². The topological polar surface area (TPSA) is 45.2 Å². The molecule has 23 heavy (non-hydrogen) atoms. The number of rotatable bonds is 5. The fourth-order valence-corrected chi connectivity index (χ4v) is 3.78. The molecule has 4 nitrogen and oxygen atoms in total. The predicted octanol–water partition coefficient (Wildman–Crippen LogP) is 2.93. The summed E-state index contributed by atoms with van der Waals surface area (Å²) in [6, 6.07) is 13.6. The van der Waals surface area contributed by atoms with Crippen LogP contribution in [0.25, 0.3) is 0 Å². The van der Waals surface area contributed by atoms with Gasteiger partial charge in [0.15, 0.2) is 0 Å². The van der Waals surface area contributed by atoms with E-state index in [1.165, 1.54) is 0 Å². The molecule has 1 saturated heterocycles. The Morgan fingerprint density at radius 2 is 2.09 bits per heavy atom. The monoisotopic (exact) mass is 347 g/mol. The number of nitrogens with zero attached hydrogens (tertiary/aromatic N) is 2. The van der Waals surface area contributed by atoms with Gasteiger partial charge in [-0.2, -0.15) is 0 Å². The lowest BCUT2D eigenvalue weighted by molar-refractivity contribution is -0.121. The van der Waals surface area contributed by atoms with Crippen molar-refractivity contribution in [2.24, 2.45) is 0 Å². The zero-order valence-electron chi connectivity index (χ0n) is 12.6. The molecule has 1 aromatic heterocycles. The maximum atomic E-state index is 12.2. The number of hydrogen-bond acceptors (Lipinski definition) is 4. The van der Waals surface area contributed by atoms with Gasteiger partial charge in [0.1, 0.15) is 10.7 Å². The maximum Gasteiger partial charge on any atom is 0.226 e. The zero-order chi connectivity index (χ0) is 16.1. The van der Waals surface area contributed by atoms with Crippen LogP contribution in [0.15, 0.2) is 48.7 Å². The van der Waals surface area contributed by atoms with E-state index in [2.05, 4.69) is 15.2 Å². The third-order valence-corrected chi connectivity index (χ3v) is 5.03. The highest BCUT2D eigenvalue weighted by Gasteiger charge is 2.26. The minimum absolute atomic E-state index is 0.0156. The molecule has 120 valence electrons. The number of aromatic nitrogens is 1. The van der Waals surface area contributed by atoms with Crippen molar-refractivity contribution in [2.45, 2.75) is 18.5 Å². The molecule has 0 spiro atoms. The lowest BCUT2D eigenvalue weighted by Crippen LogP contribution is -2.43. The van der Waals surface area contributed by atoms with Crippen LogP contribution in [-0.4, -0.2) is 33.6 Å². The quantitative estimate of drug-likeness (QED) is 0.845. The van der Waals surface area contributed by atoms with Gasteiger partial charge in [0, 0.05) is 25.0 Å². The van der Waals surface area contributed by atoms with Crippen molar-refractivity contribution >= 4 is 29.3 Å². The van der Waals surface area contributed by atoms with E-state index >= 15 is 0 Å². The summed E-state index contributed by atoms with van der Waals surface area (Å²) >= 11 is 7.58. The first kappa shape index (κ1) is 16.3. The molecular formula is C17H18ClN3OS. The van der Waals surface area contributed by atoms with E-state index in [0.29, 0.717) is 11.6 Å². The summed E-state index contributed by atoms with van der Waals surface area (Å²) in [6.07, 6.45) is 2.20. The average Bonchev–Trinajstić information content (AvgIpc) is 2.97. The number of thioether (sulfide) groups is 1. The van der Waals surface area contributed by atoms with Crippen LogP contribution in [-0.2, 0) is 17.8 Å². The third-order valence-electron chi connectivity index (χ3n) is 3.65. The Kier molecular flexibility index (Phi) is 5.54. The number of hydrogen-bond donors (Lipinski definition) is 1. The first-order valence-electron chi connectivity index (χ1n) is 7.50. The van der Waals surface area contributed by atoms with Crippen LogP contribution >= 0.6 is 23.4 Å². The molecule has 1 aliphatic heterocycles. The van der Waals surface area contributed by atoms with Gasteiger partial charge in [-0.15, -0.1) is 11.8 Å².